The molecule has 0 bridgehead atoms. The molecule has 4 N–H and O–H groups in total. The molecule has 0 atom stereocenters. The van der Waals surface area contributed by atoms with E-state index in [1.165, 1.54) is 11.1 Å². The first-order chi connectivity index (χ1) is 10.00. The van der Waals surface area contributed by atoms with Gasteiger partial charge in [-0.1, -0.05) is 65.8 Å². The first-order valence-electron chi connectivity index (χ1n) is 7.80. The Kier molecular flexibility index (Phi) is 3.99. The fraction of sp³-hybridized carbons (Fsp3) is 0.400. The summed E-state index contributed by atoms with van der Waals surface area (Å²) in [6, 6.07) is 12.5. The van der Waals surface area contributed by atoms with Gasteiger partial charge in [0, 0.05) is 16.9 Å². The second-order valence-corrected chi connectivity index (χ2v) is 8.11. The van der Waals surface area contributed by atoms with Crippen LogP contribution in [0.4, 0.5) is 11.4 Å². The molecule has 0 amide bonds. The maximum atomic E-state index is 6.19. The molecule has 2 heteroatoms. The van der Waals surface area contributed by atoms with Crippen molar-refractivity contribution in [2.24, 2.45) is 0 Å². The Hall–Kier alpha value is -1.96. The summed E-state index contributed by atoms with van der Waals surface area (Å²) in [5.41, 5.74) is 18.6. The molecule has 0 saturated heterocycles. The maximum absolute atomic E-state index is 6.19. The van der Waals surface area contributed by atoms with E-state index in [1.54, 1.807) is 0 Å². The van der Waals surface area contributed by atoms with Crippen LogP contribution in [0.25, 0.3) is 11.1 Å². The molecule has 0 unspecified atom stereocenters. The first-order valence-corrected chi connectivity index (χ1v) is 7.80. The lowest BCUT2D eigenvalue weighted by Gasteiger charge is -2.26. The fourth-order valence-corrected chi connectivity index (χ4v) is 2.56. The summed E-state index contributed by atoms with van der Waals surface area (Å²) in [5.74, 6) is 0. The van der Waals surface area contributed by atoms with Crippen LogP contribution in [-0.4, -0.2) is 0 Å². The van der Waals surface area contributed by atoms with Gasteiger partial charge in [0.25, 0.3) is 0 Å². The molecule has 2 rings (SSSR count). The van der Waals surface area contributed by atoms with Gasteiger partial charge in [-0.25, -0.2) is 0 Å². The fourth-order valence-electron chi connectivity index (χ4n) is 2.56. The van der Waals surface area contributed by atoms with Crippen LogP contribution < -0.4 is 11.5 Å². The van der Waals surface area contributed by atoms with Crippen molar-refractivity contribution in [3.63, 3.8) is 0 Å². The predicted molar refractivity (Wildman–Crippen MR) is 98.1 cm³/mol. The number of nitrogens with two attached hydrogens (primary N) is 2. The average molecular weight is 296 g/mol. The molecule has 2 nitrogen and oxygen atoms in total. The van der Waals surface area contributed by atoms with Crippen molar-refractivity contribution in [3.8, 4) is 11.1 Å². The van der Waals surface area contributed by atoms with Crippen LogP contribution in [-0.2, 0) is 10.8 Å². The maximum Gasteiger partial charge on any atom is 0.0414 e. The van der Waals surface area contributed by atoms with Gasteiger partial charge in [0.1, 0.15) is 0 Å². The van der Waals surface area contributed by atoms with Gasteiger partial charge in [-0.05, 0) is 39.7 Å². The largest absolute Gasteiger partial charge is 0.398 e. The van der Waals surface area contributed by atoms with Crippen molar-refractivity contribution in [1.82, 2.24) is 0 Å². The number of rotatable bonds is 1. The summed E-state index contributed by atoms with van der Waals surface area (Å²) in [5, 5.41) is 0. The SMILES string of the molecule is CC(C)(C)c1cc(-c2c(N)cccc2N)cc(C(C)(C)C)c1. The molecule has 0 aliphatic carbocycles. The molecule has 0 fully saturated rings. The third kappa shape index (κ3) is 3.27. The van der Waals surface area contributed by atoms with Gasteiger partial charge in [-0.15, -0.1) is 0 Å². The Balaban J connectivity index is 2.76. The zero-order valence-corrected chi connectivity index (χ0v) is 14.6. The summed E-state index contributed by atoms with van der Waals surface area (Å²) in [6.07, 6.45) is 0. The summed E-state index contributed by atoms with van der Waals surface area (Å²) in [6.45, 7) is 13.4. The van der Waals surface area contributed by atoms with E-state index < -0.39 is 0 Å². The van der Waals surface area contributed by atoms with E-state index in [2.05, 4.69) is 59.7 Å². The third-order valence-electron chi connectivity index (χ3n) is 4.08. The number of anilines is 2. The Labute approximate surface area is 134 Å². The van der Waals surface area contributed by atoms with Gasteiger partial charge in [0.2, 0.25) is 0 Å². The molecule has 0 aliphatic heterocycles. The highest BCUT2D eigenvalue weighted by Crippen LogP contribution is 2.37. The second-order valence-electron chi connectivity index (χ2n) is 8.11. The van der Waals surface area contributed by atoms with Crippen LogP contribution in [0, 0.1) is 0 Å². The lowest BCUT2D eigenvalue weighted by molar-refractivity contribution is 0.569. The van der Waals surface area contributed by atoms with Gasteiger partial charge < -0.3 is 11.5 Å². The lowest BCUT2D eigenvalue weighted by Crippen LogP contribution is -2.16. The van der Waals surface area contributed by atoms with Crippen LogP contribution in [0.2, 0.25) is 0 Å². The Morgan fingerprint density at radius 3 is 1.45 bits per heavy atom. The van der Waals surface area contributed by atoms with E-state index in [0.29, 0.717) is 0 Å². The lowest BCUT2D eigenvalue weighted by atomic mass is 9.78. The normalized spacial score (nSPS) is 12.5. The summed E-state index contributed by atoms with van der Waals surface area (Å²) in [4.78, 5) is 0. The Bertz CT molecular complexity index is 633. The van der Waals surface area contributed by atoms with Crippen molar-refractivity contribution in [3.05, 3.63) is 47.5 Å². The van der Waals surface area contributed by atoms with Crippen LogP contribution in [0.1, 0.15) is 52.7 Å². The number of hydrogen-bond acceptors (Lipinski definition) is 2. The molecule has 0 heterocycles. The van der Waals surface area contributed by atoms with Gasteiger partial charge >= 0.3 is 0 Å². The average Bonchev–Trinajstić information content (AvgIpc) is 2.36. The number of nitrogen functional groups attached to an aromatic ring is 2. The van der Waals surface area contributed by atoms with Crippen molar-refractivity contribution in [2.45, 2.75) is 52.4 Å². The molecular formula is C20H28N2. The minimum absolute atomic E-state index is 0.0777. The molecular weight excluding hydrogens is 268 g/mol. The minimum Gasteiger partial charge on any atom is -0.398 e. The molecule has 2 aromatic rings. The molecule has 0 spiro atoms. The van der Waals surface area contributed by atoms with Gasteiger partial charge in [-0.2, -0.15) is 0 Å². The molecule has 0 saturated carbocycles. The summed E-state index contributed by atoms with van der Waals surface area (Å²) >= 11 is 0. The van der Waals surface area contributed by atoms with Crippen molar-refractivity contribution in [2.75, 3.05) is 11.5 Å². The highest BCUT2D eigenvalue weighted by molar-refractivity contribution is 5.87. The van der Waals surface area contributed by atoms with Crippen molar-refractivity contribution < 1.29 is 0 Å². The summed E-state index contributed by atoms with van der Waals surface area (Å²) < 4.78 is 0. The van der Waals surface area contributed by atoms with E-state index in [0.717, 1.165) is 22.5 Å². The number of benzene rings is 2. The van der Waals surface area contributed by atoms with Crippen LogP contribution in [0.5, 0.6) is 0 Å². The zero-order chi connectivity index (χ0) is 16.7. The second kappa shape index (κ2) is 5.35. The minimum atomic E-state index is 0.0777. The monoisotopic (exact) mass is 296 g/mol. The smallest absolute Gasteiger partial charge is 0.0414 e. The number of hydrogen-bond donors (Lipinski definition) is 2. The van der Waals surface area contributed by atoms with Gasteiger partial charge in [0.15, 0.2) is 0 Å². The van der Waals surface area contributed by atoms with Gasteiger partial charge in [0.05, 0.1) is 0 Å². The van der Waals surface area contributed by atoms with E-state index >= 15 is 0 Å². The van der Waals surface area contributed by atoms with Crippen molar-refractivity contribution >= 4 is 11.4 Å². The van der Waals surface area contributed by atoms with Crippen LogP contribution in [0.3, 0.4) is 0 Å². The standard InChI is InChI=1S/C20H28N2/c1-19(2,3)14-10-13(11-15(12-14)20(4,5)6)18-16(21)8-7-9-17(18)22/h7-12H,21-22H2,1-6H3. The molecule has 118 valence electrons. The van der Waals surface area contributed by atoms with E-state index in [-0.39, 0.29) is 10.8 Å². The highest BCUT2D eigenvalue weighted by Gasteiger charge is 2.21. The molecule has 0 aromatic heterocycles. The Morgan fingerprint density at radius 1 is 0.682 bits per heavy atom. The van der Waals surface area contributed by atoms with Crippen molar-refractivity contribution in [1.29, 1.82) is 0 Å². The van der Waals surface area contributed by atoms with Gasteiger partial charge in [-0.3, -0.25) is 0 Å². The molecule has 2 aromatic carbocycles. The zero-order valence-electron chi connectivity index (χ0n) is 14.6. The quantitative estimate of drug-likeness (QED) is 0.718. The van der Waals surface area contributed by atoms with Crippen LogP contribution in [0.15, 0.2) is 36.4 Å². The first kappa shape index (κ1) is 16.4. The van der Waals surface area contributed by atoms with E-state index in [9.17, 15) is 0 Å². The Morgan fingerprint density at radius 2 is 1.09 bits per heavy atom. The summed E-state index contributed by atoms with van der Waals surface area (Å²) in [7, 11) is 0. The highest BCUT2D eigenvalue weighted by atomic mass is 14.6. The molecule has 22 heavy (non-hydrogen) atoms. The predicted octanol–water partition coefficient (Wildman–Crippen LogP) is 5.11. The topological polar surface area (TPSA) is 52.0 Å². The molecule has 0 radical (unpaired) electrons. The van der Waals surface area contributed by atoms with E-state index in [1.807, 2.05) is 18.2 Å². The van der Waals surface area contributed by atoms with Crippen LogP contribution >= 0.6 is 0 Å². The molecule has 0 aliphatic rings. The van der Waals surface area contributed by atoms with E-state index in [4.69, 9.17) is 11.5 Å². The third-order valence-corrected chi connectivity index (χ3v) is 4.08.